The van der Waals surface area contributed by atoms with Gasteiger partial charge in [-0.3, -0.25) is 10.1 Å². The first kappa shape index (κ1) is 16.7. The Morgan fingerprint density at radius 2 is 1.95 bits per heavy atom. The first-order valence-corrected chi connectivity index (χ1v) is 8.12. The lowest BCUT2D eigenvalue weighted by atomic mass is 10.3. The molecule has 0 amide bonds. The Labute approximate surface area is 139 Å². The summed E-state index contributed by atoms with van der Waals surface area (Å²) >= 11 is 11.9. The molecule has 2 rings (SSSR count). The van der Waals surface area contributed by atoms with Gasteiger partial charge in [-0.2, -0.15) is 0 Å². The average molecular weight is 360 g/mol. The summed E-state index contributed by atoms with van der Waals surface area (Å²) in [5, 5.41) is 11.7. The van der Waals surface area contributed by atoms with Crippen molar-refractivity contribution in [2.24, 2.45) is 0 Å². The van der Waals surface area contributed by atoms with Crippen molar-refractivity contribution in [1.29, 1.82) is 0 Å². The molecule has 0 aliphatic rings. The zero-order valence-corrected chi connectivity index (χ0v) is 13.7. The van der Waals surface area contributed by atoms with Crippen molar-refractivity contribution in [3.63, 3.8) is 0 Å². The smallest absolute Gasteiger partial charge is 0.310 e. The van der Waals surface area contributed by atoms with Gasteiger partial charge >= 0.3 is 5.69 Å². The maximum Gasteiger partial charge on any atom is 0.310 e. The van der Waals surface area contributed by atoms with Gasteiger partial charge in [-0.05, 0) is 31.2 Å². The number of hydrogen-bond donors (Lipinski definition) is 0. The summed E-state index contributed by atoms with van der Waals surface area (Å²) in [6, 6.07) is 8.70. The Morgan fingerprint density at radius 1 is 1.23 bits per heavy atom. The van der Waals surface area contributed by atoms with Crippen molar-refractivity contribution in [2.45, 2.75) is 16.7 Å². The van der Waals surface area contributed by atoms with Crippen LogP contribution in [0.15, 0.2) is 46.2 Å². The summed E-state index contributed by atoms with van der Waals surface area (Å²) in [4.78, 5) is 11.1. The molecule has 2 aromatic carbocycles. The second-order valence-corrected chi connectivity index (χ2v) is 6.46. The van der Waals surface area contributed by atoms with Crippen LogP contribution in [-0.4, -0.2) is 15.7 Å². The molecular weight excluding hydrogens is 349 g/mol. The maximum absolute atomic E-state index is 12.6. The molecule has 116 valence electrons. The number of halogens is 2. The van der Waals surface area contributed by atoms with Gasteiger partial charge in [0.25, 0.3) is 0 Å². The van der Waals surface area contributed by atoms with E-state index in [-0.39, 0.29) is 23.1 Å². The maximum atomic E-state index is 12.6. The van der Waals surface area contributed by atoms with Crippen LogP contribution < -0.4 is 4.74 Å². The number of nitrogens with zero attached hydrogens (tertiary/aromatic N) is 1. The summed E-state index contributed by atoms with van der Waals surface area (Å²) in [6.45, 7) is 1.97. The van der Waals surface area contributed by atoms with Crippen molar-refractivity contribution in [2.75, 3.05) is 6.61 Å². The SMILES string of the molecule is CCOc1cc(S(=O)c2ccc(Cl)cc2Cl)ccc1[N+](=O)[O-]. The Bertz CT molecular complexity index is 752. The van der Waals surface area contributed by atoms with E-state index in [0.29, 0.717) is 14.8 Å². The van der Waals surface area contributed by atoms with Gasteiger partial charge in [0.05, 0.1) is 32.2 Å². The topological polar surface area (TPSA) is 69.4 Å². The fraction of sp³-hybridized carbons (Fsp3) is 0.143. The Balaban J connectivity index is 2.45. The fourth-order valence-corrected chi connectivity index (χ4v) is 3.49. The monoisotopic (exact) mass is 359 g/mol. The van der Waals surface area contributed by atoms with Crippen molar-refractivity contribution >= 4 is 39.7 Å². The molecule has 0 heterocycles. The van der Waals surface area contributed by atoms with Crippen LogP contribution in [-0.2, 0) is 10.8 Å². The zero-order chi connectivity index (χ0) is 16.3. The van der Waals surface area contributed by atoms with Gasteiger partial charge in [0.2, 0.25) is 0 Å². The summed E-state index contributed by atoms with van der Waals surface area (Å²) in [6.07, 6.45) is 0. The highest BCUT2D eigenvalue weighted by Gasteiger charge is 2.19. The normalized spacial score (nSPS) is 12.0. The van der Waals surface area contributed by atoms with Gasteiger partial charge < -0.3 is 4.74 Å². The van der Waals surface area contributed by atoms with Crippen molar-refractivity contribution < 1.29 is 13.9 Å². The molecule has 0 fully saturated rings. The molecule has 1 atom stereocenters. The van der Waals surface area contributed by atoms with Gasteiger partial charge in [-0.25, -0.2) is 4.21 Å². The van der Waals surface area contributed by atoms with Crippen LogP contribution in [0.4, 0.5) is 5.69 Å². The second-order valence-electron chi connectivity index (χ2n) is 4.16. The van der Waals surface area contributed by atoms with Crippen LogP contribution in [0.5, 0.6) is 5.75 Å². The van der Waals surface area contributed by atoms with Crippen LogP contribution >= 0.6 is 23.2 Å². The third-order valence-corrected chi connectivity index (χ3v) is 4.83. The summed E-state index contributed by atoms with van der Waals surface area (Å²) in [5.74, 6) is 0.0726. The number of rotatable bonds is 5. The van der Waals surface area contributed by atoms with E-state index < -0.39 is 15.7 Å². The van der Waals surface area contributed by atoms with Gasteiger partial charge in [0.15, 0.2) is 5.75 Å². The van der Waals surface area contributed by atoms with E-state index in [1.165, 1.54) is 24.3 Å². The largest absolute Gasteiger partial charge is 0.487 e. The first-order valence-electron chi connectivity index (χ1n) is 6.22. The summed E-state index contributed by atoms with van der Waals surface area (Å²) < 4.78 is 17.8. The zero-order valence-electron chi connectivity index (χ0n) is 11.4. The molecule has 1 unspecified atom stereocenters. The lowest BCUT2D eigenvalue weighted by Gasteiger charge is -2.08. The van der Waals surface area contributed by atoms with Gasteiger partial charge in [0.1, 0.15) is 0 Å². The van der Waals surface area contributed by atoms with Crippen molar-refractivity contribution in [1.82, 2.24) is 0 Å². The number of nitro benzene ring substituents is 1. The van der Waals surface area contributed by atoms with Crippen molar-refractivity contribution in [3.05, 3.63) is 56.6 Å². The van der Waals surface area contributed by atoms with E-state index in [1.54, 1.807) is 19.1 Å². The quantitative estimate of drug-likeness (QED) is 0.583. The number of ether oxygens (including phenoxy) is 1. The highest BCUT2D eigenvalue weighted by molar-refractivity contribution is 7.85. The Kier molecular flexibility index (Phi) is 5.39. The molecule has 0 aliphatic heterocycles. The molecule has 2 aromatic rings. The van der Waals surface area contributed by atoms with Gasteiger partial charge in [-0.1, -0.05) is 23.2 Å². The number of benzene rings is 2. The number of nitro groups is 1. The molecule has 22 heavy (non-hydrogen) atoms. The molecule has 0 spiro atoms. The van der Waals surface area contributed by atoms with E-state index in [9.17, 15) is 14.3 Å². The predicted octanol–water partition coefficient (Wildman–Crippen LogP) is 4.47. The Morgan fingerprint density at radius 3 is 2.55 bits per heavy atom. The molecule has 0 aromatic heterocycles. The predicted molar refractivity (Wildman–Crippen MR) is 85.4 cm³/mol. The fourth-order valence-electron chi connectivity index (χ4n) is 1.78. The summed E-state index contributed by atoms with van der Waals surface area (Å²) in [5.41, 5.74) is -0.176. The standard InChI is InChI=1S/C14H11Cl2NO4S/c1-2-21-13-8-10(4-5-12(13)17(18)19)22(20)14-6-3-9(15)7-11(14)16/h3-8H,2H2,1H3. The average Bonchev–Trinajstić information content (AvgIpc) is 2.46. The minimum Gasteiger partial charge on any atom is -0.487 e. The molecule has 0 bridgehead atoms. The highest BCUT2D eigenvalue weighted by Crippen LogP contribution is 2.32. The lowest BCUT2D eigenvalue weighted by Crippen LogP contribution is -2.00. The minimum atomic E-state index is -1.60. The summed E-state index contributed by atoms with van der Waals surface area (Å²) in [7, 11) is -1.60. The second kappa shape index (κ2) is 7.09. The van der Waals surface area contributed by atoms with Gasteiger partial charge in [0, 0.05) is 22.1 Å². The van der Waals surface area contributed by atoms with Crippen LogP contribution in [0.2, 0.25) is 10.0 Å². The van der Waals surface area contributed by atoms with E-state index >= 15 is 0 Å². The van der Waals surface area contributed by atoms with Crippen LogP contribution in [0.25, 0.3) is 0 Å². The van der Waals surface area contributed by atoms with Gasteiger partial charge in [-0.15, -0.1) is 0 Å². The highest BCUT2D eigenvalue weighted by atomic mass is 35.5. The Hall–Kier alpha value is -1.63. The molecule has 0 saturated carbocycles. The van der Waals surface area contributed by atoms with Crippen molar-refractivity contribution in [3.8, 4) is 5.75 Å². The molecule has 0 saturated heterocycles. The number of hydrogen-bond acceptors (Lipinski definition) is 4. The van der Waals surface area contributed by atoms with Crippen LogP contribution in [0.1, 0.15) is 6.92 Å². The minimum absolute atomic E-state index is 0.0726. The third-order valence-electron chi connectivity index (χ3n) is 2.74. The molecule has 8 heteroatoms. The molecule has 5 nitrogen and oxygen atoms in total. The van der Waals surface area contributed by atoms with E-state index in [1.807, 2.05) is 0 Å². The van der Waals surface area contributed by atoms with Crippen LogP contribution in [0.3, 0.4) is 0 Å². The third kappa shape index (κ3) is 3.58. The van der Waals surface area contributed by atoms with Crippen LogP contribution in [0, 0.1) is 10.1 Å². The first-order chi connectivity index (χ1) is 10.4. The lowest BCUT2D eigenvalue weighted by molar-refractivity contribution is -0.385. The van der Waals surface area contributed by atoms with E-state index in [4.69, 9.17) is 27.9 Å². The molecule has 0 radical (unpaired) electrons. The molecule has 0 aliphatic carbocycles. The molecular formula is C14H11Cl2NO4S. The van der Waals surface area contributed by atoms with E-state index in [2.05, 4.69) is 0 Å². The molecule has 0 N–H and O–H groups in total. The van der Waals surface area contributed by atoms with E-state index in [0.717, 1.165) is 0 Å².